The van der Waals surface area contributed by atoms with Crippen LogP contribution in [0.25, 0.3) is 11.2 Å². The smallest absolute Gasteiger partial charge is 0.182 e. The summed E-state index contributed by atoms with van der Waals surface area (Å²) >= 11 is 0. The minimum absolute atomic E-state index is 0.491. The normalized spacial score (nSPS) is 17.3. The van der Waals surface area contributed by atoms with Gasteiger partial charge in [-0.15, -0.1) is 0 Å². The van der Waals surface area contributed by atoms with Gasteiger partial charge in [0.05, 0.1) is 6.33 Å². The highest BCUT2D eigenvalue weighted by Crippen LogP contribution is 2.27. The largest absolute Gasteiger partial charge is 0.367 e. The van der Waals surface area contributed by atoms with Crippen molar-refractivity contribution in [2.24, 2.45) is 0 Å². The Hall–Kier alpha value is -1.69. The van der Waals surface area contributed by atoms with Crippen LogP contribution in [0.15, 0.2) is 12.7 Å². The molecule has 2 N–H and O–H groups in total. The molecule has 0 radical (unpaired) electrons. The SMILES string of the molecule is CC(CNc1ncnc2nc[nH]c12)N(C)C1CC1. The Bertz CT molecular complexity index is 532. The Balaban J connectivity index is 1.67. The summed E-state index contributed by atoms with van der Waals surface area (Å²) in [6.07, 6.45) is 5.85. The van der Waals surface area contributed by atoms with Crippen LogP contribution in [0.5, 0.6) is 0 Å². The van der Waals surface area contributed by atoms with E-state index in [4.69, 9.17) is 0 Å². The lowest BCUT2D eigenvalue weighted by molar-refractivity contribution is 0.257. The number of aromatic amines is 1. The van der Waals surface area contributed by atoms with Crippen molar-refractivity contribution in [3.63, 3.8) is 0 Å². The lowest BCUT2D eigenvalue weighted by Gasteiger charge is -2.24. The highest BCUT2D eigenvalue weighted by atomic mass is 15.2. The zero-order chi connectivity index (χ0) is 12.5. The Morgan fingerprint density at radius 1 is 1.44 bits per heavy atom. The number of anilines is 1. The molecule has 1 aliphatic carbocycles. The van der Waals surface area contributed by atoms with Crippen molar-refractivity contribution in [3.8, 4) is 0 Å². The van der Waals surface area contributed by atoms with Gasteiger partial charge in [0.2, 0.25) is 0 Å². The van der Waals surface area contributed by atoms with Crippen LogP contribution in [0, 0.1) is 0 Å². The monoisotopic (exact) mass is 246 g/mol. The van der Waals surface area contributed by atoms with Gasteiger partial charge in [-0.1, -0.05) is 0 Å². The summed E-state index contributed by atoms with van der Waals surface area (Å²) in [5, 5.41) is 3.37. The van der Waals surface area contributed by atoms with Crippen LogP contribution in [-0.2, 0) is 0 Å². The molecule has 0 bridgehead atoms. The first kappa shape index (κ1) is 11.4. The summed E-state index contributed by atoms with van der Waals surface area (Å²) < 4.78 is 0. The number of fused-ring (bicyclic) bond motifs is 1. The van der Waals surface area contributed by atoms with Gasteiger partial charge in [0.1, 0.15) is 11.8 Å². The maximum atomic E-state index is 4.26. The van der Waals surface area contributed by atoms with Crippen molar-refractivity contribution < 1.29 is 0 Å². The van der Waals surface area contributed by atoms with Crippen molar-refractivity contribution in [3.05, 3.63) is 12.7 Å². The Kier molecular flexibility index (Phi) is 2.87. The fourth-order valence-corrected chi connectivity index (χ4v) is 2.13. The molecular weight excluding hydrogens is 228 g/mol. The second kappa shape index (κ2) is 4.53. The number of rotatable bonds is 5. The number of H-pyrrole nitrogens is 1. The van der Waals surface area contributed by atoms with Crippen LogP contribution in [0.3, 0.4) is 0 Å². The van der Waals surface area contributed by atoms with Crippen LogP contribution in [0.2, 0.25) is 0 Å². The summed E-state index contributed by atoms with van der Waals surface area (Å²) in [6.45, 7) is 3.11. The summed E-state index contributed by atoms with van der Waals surface area (Å²) in [5.74, 6) is 0.827. The molecule has 0 aromatic carbocycles. The summed E-state index contributed by atoms with van der Waals surface area (Å²) in [4.78, 5) is 18.0. The van der Waals surface area contributed by atoms with Crippen molar-refractivity contribution >= 4 is 17.0 Å². The molecule has 1 saturated carbocycles. The molecule has 1 fully saturated rings. The van der Waals surface area contributed by atoms with Crippen LogP contribution in [0.4, 0.5) is 5.82 Å². The first-order valence-corrected chi connectivity index (χ1v) is 6.35. The zero-order valence-electron chi connectivity index (χ0n) is 10.7. The molecule has 1 aliphatic rings. The maximum Gasteiger partial charge on any atom is 0.182 e. The van der Waals surface area contributed by atoms with E-state index in [1.807, 2.05) is 0 Å². The van der Waals surface area contributed by atoms with Gasteiger partial charge in [0, 0.05) is 18.6 Å². The molecule has 2 aromatic heterocycles. The molecule has 6 nitrogen and oxygen atoms in total. The van der Waals surface area contributed by atoms with Gasteiger partial charge < -0.3 is 10.3 Å². The first-order valence-electron chi connectivity index (χ1n) is 6.35. The van der Waals surface area contributed by atoms with E-state index in [0.717, 1.165) is 23.9 Å². The van der Waals surface area contributed by atoms with Gasteiger partial charge >= 0.3 is 0 Å². The molecule has 2 heterocycles. The quantitative estimate of drug-likeness (QED) is 0.831. The highest BCUT2D eigenvalue weighted by molar-refractivity contribution is 5.81. The molecule has 2 aromatic rings. The minimum atomic E-state index is 0.491. The Morgan fingerprint density at radius 3 is 3.06 bits per heavy atom. The summed E-state index contributed by atoms with van der Waals surface area (Å²) in [6, 6.07) is 1.27. The van der Waals surface area contributed by atoms with E-state index in [9.17, 15) is 0 Å². The second-order valence-electron chi connectivity index (χ2n) is 4.95. The average Bonchev–Trinajstić information content (AvgIpc) is 3.12. The lowest BCUT2D eigenvalue weighted by atomic mass is 10.3. The highest BCUT2D eigenvalue weighted by Gasteiger charge is 2.28. The van der Waals surface area contributed by atoms with E-state index >= 15 is 0 Å². The number of imidazole rings is 1. The van der Waals surface area contributed by atoms with Gasteiger partial charge in [-0.05, 0) is 26.8 Å². The maximum absolute atomic E-state index is 4.26. The third kappa shape index (κ3) is 2.15. The standard InChI is InChI=1S/C12H18N6/c1-8(18(2)9-3-4-9)5-13-11-10-12(15-6-14-10)17-7-16-11/h6-9H,3-5H2,1-2H3,(H2,13,14,15,16,17). The van der Waals surface area contributed by atoms with E-state index in [1.54, 1.807) is 12.7 Å². The van der Waals surface area contributed by atoms with Gasteiger partial charge in [0.25, 0.3) is 0 Å². The molecule has 0 saturated heterocycles. The van der Waals surface area contributed by atoms with Crippen LogP contribution in [-0.4, -0.2) is 50.5 Å². The third-order valence-corrected chi connectivity index (χ3v) is 3.61. The van der Waals surface area contributed by atoms with Crippen molar-refractivity contribution in [2.75, 3.05) is 18.9 Å². The molecule has 1 unspecified atom stereocenters. The molecule has 1 atom stereocenters. The van der Waals surface area contributed by atoms with E-state index < -0.39 is 0 Å². The third-order valence-electron chi connectivity index (χ3n) is 3.61. The molecule has 0 amide bonds. The fraction of sp³-hybridized carbons (Fsp3) is 0.583. The molecule has 0 spiro atoms. The molecular formula is C12H18N6. The molecule has 0 aliphatic heterocycles. The minimum Gasteiger partial charge on any atom is -0.367 e. The Morgan fingerprint density at radius 2 is 2.28 bits per heavy atom. The van der Waals surface area contributed by atoms with Crippen molar-refractivity contribution in [1.29, 1.82) is 0 Å². The number of hydrogen-bond acceptors (Lipinski definition) is 5. The van der Waals surface area contributed by atoms with E-state index in [-0.39, 0.29) is 0 Å². The van der Waals surface area contributed by atoms with Gasteiger partial charge in [-0.3, -0.25) is 4.90 Å². The number of likely N-dealkylation sites (N-methyl/N-ethyl adjacent to an activating group) is 1. The fourth-order valence-electron chi connectivity index (χ4n) is 2.13. The van der Waals surface area contributed by atoms with Crippen LogP contribution >= 0.6 is 0 Å². The topological polar surface area (TPSA) is 69.7 Å². The van der Waals surface area contributed by atoms with Crippen molar-refractivity contribution in [2.45, 2.75) is 31.8 Å². The Labute approximate surface area is 106 Å². The molecule has 18 heavy (non-hydrogen) atoms. The number of nitrogens with one attached hydrogen (secondary N) is 2. The van der Waals surface area contributed by atoms with E-state index in [0.29, 0.717) is 11.7 Å². The predicted octanol–water partition coefficient (Wildman–Crippen LogP) is 1.25. The van der Waals surface area contributed by atoms with Crippen LogP contribution in [0.1, 0.15) is 19.8 Å². The average molecular weight is 246 g/mol. The van der Waals surface area contributed by atoms with Gasteiger partial charge in [-0.25, -0.2) is 15.0 Å². The number of nitrogens with zero attached hydrogens (tertiary/aromatic N) is 4. The summed E-state index contributed by atoms with van der Waals surface area (Å²) in [7, 11) is 2.19. The van der Waals surface area contributed by atoms with Gasteiger partial charge in [-0.2, -0.15) is 0 Å². The summed E-state index contributed by atoms with van der Waals surface area (Å²) in [5.41, 5.74) is 1.58. The zero-order valence-corrected chi connectivity index (χ0v) is 10.7. The lowest BCUT2D eigenvalue weighted by Crippen LogP contribution is -2.36. The number of aromatic nitrogens is 4. The van der Waals surface area contributed by atoms with E-state index in [1.165, 1.54) is 12.8 Å². The predicted molar refractivity (Wildman–Crippen MR) is 70.4 cm³/mol. The molecule has 96 valence electrons. The number of hydrogen-bond donors (Lipinski definition) is 2. The first-order chi connectivity index (χ1) is 8.75. The van der Waals surface area contributed by atoms with E-state index in [2.05, 4.69) is 44.1 Å². The molecule has 3 rings (SSSR count). The van der Waals surface area contributed by atoms with Crippen molar-refractivity contribution in [1.82, 2.24) is 24.8 Å². The van der Waals surface area contributed by atoms with Gasteiger partial charge in [0.15, 0.2) is 11.5 Å². The second-order valence-corrected chi connectivity index (χ2v) is 4.95. The van der Waals surface area contributed by atoms with Crippen LogP contribution < -0.4 is 5.32 Å². The molecule has 6 heteroatoms.